The van der Waals surface area contributed by atoms with Gasteiger partial charge < -0.3 is 80.4 Å². The summed E-state index contributed by atoms with van der Waals surface area (Å²) in [5.74, 6) is 1.66. The van der Waals surface area contributed by atoms with Crippen molar-refractivity contribution in [2.45, 2.75) is 136 Å². The zero-order valence-corrected chi connectivity index (χ0v) is 65.8. The van der Waals surface area contributed by atoms with E-state index in [4.69, 9.17) is 61.1 Å². The number of unbranched alkanes of at least 4 members (excludes halogenated alkanes) is 3. The highest BCUT2D eigenvalue weighted by Crippen LogP contribution is 2.55. The fraction of sp³-hybridized carbons (Fsp3) is 0.513. The molecule has 0 saturated heterocycles. The van der Waals surface area contributed by atoms with Gasteiger partial charge in [0.05, 0.1) is 99.3 Å². The Kier molecular flexibility index (Phi) is 32.7. The van der Waals surface area contributed by atoms with Gasteiger partial charge in [-0.15, -0.1) is 0 Å². The maximum Gasteiger partial charge on any atom is 0.314 e. The lowest BCUT2D eigenvalue weighted by atomic mass is 9.96. The van der Waals surface area contributed by atoms with Crippen molar-refractivity contribution in [3.63, 3.8) is 0 Å². The molecule has 2 heterocycles. The second kappa shape index (κ2) is 42.6. The largest absolute Gasteiger partial charge is 0.490 e. The number of amides is 8. The third kappa shape index (κ3) is 26.3. The zero-order valence-electron chi connectivity index (χ0n) is 62.6. The second-order valence-electron chi connectivity index (χ2n) is 27.5. The molecule has 0 spiro atoms. The summed E-state index contributed by atoms with van der Waals surface area (Å²) in [6.45, 7) is 5.64. The number of rotatable bonds is 51. The molecule has 0 unspecified atom stereocenters. The number of pyridine rings is 2. The summed E-state index contributed by atoms with van der Waals surface area (Å²) in [5, 5.41) is 22.8. The first-order valence-corrected chi connectivity index (χ1v) is 41.5. The van der Waals surface area contributed by atoms with Gasteiger partial charge in [0.2, 0.25) is 20.0 Å². The van der Waals surface area contributed by atoms with Gasteiger partial charge in [0.15, 0.2) is 0 Å². The first-order chi connectivity index (χ1) is 53.3. The van der Waals surface area contributed by atoms with Gasteiger partial charge in [-0.1, -0.05) is 59.6 Å². The van der Waals surface area contributed by atoms with Gasteiger partial charge in [-0.05, 0) is 173 Å². The number of hydrogen-bond acceptors (Lipinski definition) is 18. The number of sulfonamides is 2. The van der Waals surface area contributed by atoms with Crippen molar-refractivity contribution >= 4 is 67.4 Å². The molecule has 4 aliphatic carbocycles. The standard InChI is InChI=1S/C78H104Cl2N12O16S2/c1-91(109(97,98)61-21-23-69(79)57(51-61)55-105-77(27-28-77)67-53-81-35-25-63(67)65-13-3-5-15-71(65)107-59-17-18-59)41-11-9-33-85-75(95)89-39-45-103-49-47-101-43-37-87-73(93)83-31-7-8-32-84-74(94)88-38-44-102-48-50-104-46-40-90-76(96)86-34-10-12-42-92(2)110(99,100)62-22-24-70(80)58(52-62)56-106-78(29-30-78)68-54-82-36-26-64(68)66-14-4-6-16-72(66)108-60-19-20-60/h3-6,13-16,21-26,35-36,51-54,59-60H,7-12,17-20,27-34,37-50,55-56H2,1-2H3,(H2,83,87,93)(H2,84,88,94)(H2,85,89,95)(H2,86,90,96). The van der Waals surface area contributed by atoms with Crippen molar-refractivity contribution in [1.29, 1.82) is 0 Å². The van der Waals surface area contributed by atoms with Crippen molar-refractivity contribution in [1.82, 2.24) is 61.1 Å². The van der Waals surface area contributed by atoms with E-state index in [1.54, 1.807) is 36.7 Å². The molecule has 110 heavy (non-hydrogen) atoms. The molecule has 2 aromatic heterocycles. The first kappa shape index (κ1) is 84.5. The number of nitrogens with zero attached hydrogens (tertiary/aromatic N) is 4. The van der Waals surface area contributed by atoms with Crippen LogP contribution < -0.4 is 52.0 Å². The molecule has 32 heteroatoms. The normalized spacial score (nSPS) is 14.9. The third-order valence-electron chi connectivity index (χ3n) is 18.9. The van der Waals surface area contributed by atoms with Crippen LogP contribution in [-0.4, -0.2) is 204 Å². The Hall–Kier alpha value is -7.98. The van der Waals surface area contributed by atoms with Gasteiger partial charge >= 0.3 is 24.1 Å². The van der Waals surface area contributed by atoms with Gasteiger partial charge in [0.1, 0.15) is 11.5 Å². The Bertz CT molecular complexity index is 3950. The quantitative estimate of drug-likeness (QED) is 0.0165. The molecule has 10 rings (SSSR count). The fourth-order valence-corrected chi connectivity index (χ4v) is 14.9. The minimum Gasteiger partial charge on any atom is -0.490 e. The summed E-state index contributed by atoms with van der Waals surface area (Å²) < 4.78 is 105. The number of hydrogen-bond donors (Lipinski definition) is 8. The predicted octanol–water partition coefficient (Wildman–Crippen LogP) is 10.2. The third-order valence-corrected chi connectivity index (χ3v) is 23.3. The van der Waals surface area contributed by atoms with E-state index in [-0.39, 0.29) is 112 Å². The number of urea groups is 4. The average Bonchev–Trinajstić information content (AvgIpc) is 1.57. The fourth-order valence-electron chi connectivity index (χ4n) is 12.0. The van der Waals surface area contributed by atoms with Crippen LogP contribution in [0.15, 0.2) is 132 Å². The Morgan fingerprint density at radius 1 is 0.427 bits per heavy atom. The van der Waals surface area contributed by atoms with Gasteiger partial charge in [-0.2, -0.15) is 0 Å². The molecule has 4 aromatic carbocycles. The van der Waals surface area contributed by atoms with E-state index < -0.39 is 31.2 Å². The maximum absolute atomic E-state index is 13.7. The highest BCUT2D eigenvalue weighted by Gasteiger charge is 2.49. The summed E-state index contributed by atoms with van der Waals surface area (Å²) in [4.78, 5) is 58.2. The SMILES string of the molecule is CN(CCCCNC(=O)NCCOCCOCCNC(=O)NCCCCNC(=O)NCCOCCOCCNC(=O)NCCCCN(C)S(=O)(=O)c1ccc(Cl)c(COC2(c3cnccc3-c3ccccc3OC3CC3)CC2)c1)S(=O)(=O)c1ccc(Cl)c(COC2(c3cnccc3-c3ccccc3OC3CC3)CC2)c1. The van der Waals surface area contributed by atoms with Crippen molar-refractivity contribution < 1.29 is 73.9 Å². The van der Waals surface area contributed by atoms with Crippen molar-refractivity contribution in [2.24, 2.45) is 0 Å². The Morgan fingerprint density at radius 2 is 0.755 bits per heavy atom. The van der Waals surface area contributed by atoms with E-state index in [2.05, 4.69) is 52.5 Å². The molecule has 0 radical (unpaired) electrons. The van der Waals surface area contributed by atoms with Crippen LogP contribution in [0.3, 0.4) is 0 Å². The van der Waals surface area contributed by atoms with E-state index in [9.17, 15) is 36.0 Å². The Labute approximate surface area is 655 Å². The molecule has 4 saturated carbocycles. The average molecular weight is 1600 g/mol. The molecule has 28 nitrogen and oxygen atoms in total. The molecule has 4 aliphatic rings. The van der Waals surface area contributed by atoms with Crippen molar-refractivity contribution in [2.75, 3.05) is 132 Å². The monoisotopic (exact) mass is 1600 g/mol. The van der Waals surface area contributed by atoms with E-state index in [0.29, 0.717) is 125 Å². The lowest BCUT2D eigenvalue weighted by Crippen LogP contribution is -2.39. The number of aromatic nitrogens is 2. The van der Waals surface area contributed by atoms with E-state index in [0.717, 1.165) is 96.2 Å². The zero-order chi connectivity index (χ0) is 77.6. The predicted molar refractivity (Wildman–Crippen MR) is 417 cm³/mol. The molecule has 8 N–H and O–H groups in total. The minimum atomic E-state index is -3.85. The molecule has 8 amide bonds. The molecule has 0 bridgehead atoms. The van der Waals surface area contributed by atoms with Crippen LogP contribution in [-0.2, 0) is 72.9 Å². The molecule has 0 aliphatic heterocycles. The highest BCUT2D eigenvalue weighted by atomic mass is 35.5. The van der Waals surface area contributed by atoms with Crippen molar-refractivity contribution in [3.05, 3.63) is 154 Å². The van der Waals surface area contributed by atoms with Crippen molar-refractivity contribution in [3.8, 4) is 33.8 Å². The van der Waals surface area contributed by atoms with Gasteiger partial charge in [-0.3, -0.25) is 9.97 Å². The van der Waals surface area contributed by atoms with Crippen LogP contribution >= 0.6 is 23.2 Å². The topological polar surface area (TPSA) is 339 Å². The summed E-state index contributed by atoms with van der Waals surface area (Å²) in [6, 6.07) is 27.9. The van der Waals surface area contributed by atoms with Gasteiger partial charge in [0.25, 0.3) is 0 Å². The number of carbonyl (C=O) groups is 4. The Morgan fingerprint density at radius 3 is 1.09 bits per heavy atom. The number of para-hydroxylation sites is 2. The lowest BCUT2D eigenvalue weighted by Gasteiger charge is -2.22. The number of ether oxygens (including phenoxy) is 8. The number of halogens is 2. The molecular formula is C78H104Cl2N12O16S2. The number of nitrogens with one attached hydrogen (secondary N) is 8. The van der Waals surface area contributed by atoms with Gasteiger partial charge in [-0.25, -0.2) is 44.6 Å². The second-order valence-corrected chi connectivity index (χ2v) is 32.4. The smallest absolute Gasteiger partial charge is 0.314 e. The van der Waals surface area contributed by atoms with E-state index in [1.807, 2.05) is 73.1 Å². The number of benzene rings is 4. The van der Waals surface area contributed by atoms with Crippen LogP contribution in [0.25, 0.3) is 22.3 Å². The lowest BCUT2D eigenvalue weighted by molar-refractivity contribution is 0.0171. The highest BCUT2D eigenvalue weighted by molar-refractivity contribution is 7.89. The molecular weight excluding hydrogens is 1500 g/mol. The summed E-state index contributed by atoms with van der Waals surface area (Å²) >= 11 is 13.3. The molecule has 598 valence electrons. The van der Waals surface area contributed by atoms with E-state index >= 15 is 0 Å². The summed E-state index contributed by atoms with van der Waals surface area (Å²) in [5.41, 5.74) is 5.81. The minimum absolute atomic E-state index is 0.109. The molecule has 0 atom stereocenters. The van der Waals surface area contributed by atoms with Crippen LogP contribution in [0.4, 0.5) is 19.2 Å². The molecule has 6 aromatic rings. The Balaban J connectivity index is 0.461. The van der Waals surface area contributed by atoms with E-state index in [1.165, 1.54) is 34.8 Å². The van der Waals surface area contributed by atoms with Crippen LogP contribution in [0.2, 0.25) is 10.0 Å². The maximum atomic E-state index is 13.7. The summed E-state index contributed by atoms with van der Waals surface area (Å²) in [7, 11) is -4.65. The van der Waals surface area contributed by atoms with Crippen LogP contribution in [0.1, 0.15) is 112 Å². The molecule has 4 fully saturated rings. The summed E-state index contributed by atoms with van der Waals surface area (Å²) in [6.07, 6.45) is 18.4. The number of carbonyl (C=O) groups excluding carboxylic acids is 4. The van der Waals surface area contributed by atoms with Gasteiger partial charge in [0, 0.05) is 137 Å². The van der Waals surface area contributed by atoms with Crippen LogP contribution in [0, 0.1) is 0 Å². The van der Waals surface area contributed by atoms with Crippen LogP contribution in [0.5, 0.6) is 11.5 Å². The first-order valence-electron chi connectivity index (χ1n) is 37.9.